The van der Waals surface area contributed by atoms with Gasteiger partial charge in [0.1, 0.15) is 12.1 Å². The summed E-state index contributed by atoms with van der Waals surface area (Å²) in [5.74, 6) is -2.31. The van der Waals surface area contributed by atoms with Gasteiger partial charge in [-0.3, -0.25) is 14.4 Å². The van der Waals surface area contributed by atoms with E-state index >= 15 is 0 Å². The second-order valence-electron chi connectivity index (χ2n) is 5.71. The molecule has 0 saturated heterocycles. The van der Waals surface area contributed by atoms with Gasteiger partial charge in [0, 0.05) is 6.42 Å². The Morgan fingerprint density at radius 2 is 1.67 bits per heavy atom. The molecule has 8 heteroatoms. The van der Waals surface area contributed by atoms with Crippen LogP contribution in [0.25, 0.3) is 0 Å². The molecule has 0 aromatic rings. The highest BCUT2D eigenvalue weighted by atomic mass is 16.5. The number of hydrogen-bond donors (Lipinski definition) is 3. The van der Waals surface area contributed by atoms with E-state index in [2.05, 4.69) is 22.3 Å². The maximum Gasteiger partial charge on any atom is 0.328 e. The van der Waals surface area contributed by atoms with Gasteiger partial charge in [-0.2, -0.15) is 0 Å². The van der Waals surface area contributed by atoms with Crippen molar-refractivity contribution in [1.29, 1.82) is 0 Å². The molecule has 24 heavy (non-hydrogen) atoms. The van der Waals surface area contributed by atoms with E-state index in [4.69, 9.17) is 5.73 Å². The van der Waals surface area contributed by atoms with E-state index in [1.807, 2.05) is 0 Å². The Hall–Kier alpha value is -2.12. The summed E-state index contributed by atoms with van der Waals surface area (Å²) in [5.41, 5.74) is 5.12. The minimum atomic E-state index is -1.10. The Bertz CT molecular complexity index is 439. The number of esters is 1. The van der Waals surface area contributed by atoms with E-state index in [0.29, 0.717) is 0 Å². The van der Waals surface area contributed by atoms with Crippen LogP contribution in [0.15, 0.2) is 0 Å². The molecule has 0 aliphatic rings. The van der Waals surface area contributed by atoms with Crippen molar-refractivity contribution < 1.29 is 23.9 Å². The van der Waals surface area contributed by atoms with Gasteiger partial charge in [-0.25, -0.2) is 4.79 Å². The van der Waals surface area contributed by atoms with Crippen LogP contribution >= 0.6 is 0 Å². The number of nitrogens with two attached hydrogens (primary N) is 1. The smallest absolute Gasteiger partial charge is 0.328 e. The van der Waals surface area contributed by atoms with Gasteiger partial charge in [-0.05, 0) is 13.3 Å². The maximum atomic E-state index is 12.1. The fraction of sp³-hybridized carbons (Fsp3) is 0.750. The molecule has 0 bridgehead atoms. The van der Waals surface area contributed by atoms with E-state index in [0.717, 1.165) is 32.1 Å². The molecule has 0 heterocycles. The zero-order valence-electron chi connectivity index (χ0n) is 14.7. The van der Waals surface area contributed by atoms with Crippen LogP contribution in [0.1, 0.15) is 58.8 Å². The highest BCUT2D eigenvalue weighted by molar-refractivity contribution is 5.93. The van der Waals surface area contributed by atoms with E-state index in [9.17, 15) is 19.2 Å². The molecule has 0 aromatic heterocycles. The Labute approximate surface area is 142 Å². The van der Waals surface area contributed by atoms with Crippen molar-refractivity contribution in [1.82, 2.24) is 10.6 Å². The third-order valence-corrected chi connectivity index (χ3v) is 3.48. The fourth-order valence-corrected chi connectivity index (χ4v) is 2.12. The number of primary amides is 1. The van der Waals surface area contributed by atoms with Crippen molar-refractivity contribution >= 4 is 23.7 Å². The summed E-state index contributed by atoms with van der Waals surface area (Å²) in [5, 5.41) is 4.89. The van der Waals surface area contributed by atoms with Crippen LogP contribution in [-0.4, -0.2) is 42.9 Å². The number of amides is 3. The number of carbonyl (C=O) groups is 4. The predicted octanol–water partition coefficient (Wildman–Crippen LogP) is 0.385. The van der Waals surface area contributed by atoms with Crippen LogP contribution in [0, 0.1) is 0 Å². The van der Waals surface area contributed by atoms with Gasteiger partial charge in [0.05, 0.1) is 13.5 Å². The van der Waals surface area contributed by atoms with E-state index in [1.54, 1.807) is 0 Å². The second-order valence-corrected chi connectivity index (χ2v) is 5.71. The van der Waals surface area contributed by atoms with Gasteiger partial charge >= 0.3 is 5.97 Å². The molecule has 0 fully saturated rings. The first-order valence-electron chi connectivity index (χ1n) is 8.27. The Kier molecular flexibility index (Phi) is 11.2. The van der Waals surface area contributed by atoms with Gasteiger partial charge in [-0.1, -0.05) is 32.6 Å². The van der Waals surface area contributed by atoms with Crippen LogP contribution in [0.3, 0.4) is 0 Å². The number of ether oxygens (including phenoxy) is 1. The molecule has 3 amide bonds. The zero-order valence-corrected chi connectivity index (χ0v) is 14.7. The third kappa shape index (κ3) is 9.81. The molecule has 0 aliphatic heterocycles. The predicted molar refractivity (Wildman–Crippen MR) is 88.7 cm³/mol. The van der Waals surface area contributed by atoms with Gasteiger partial charge in [0.15, 0.2) is 0 Å². The van der Waals surface area contributed by atoms with Gasteiger partial charge in [0.25, 0.3) is 0 Å². The van der Waals surface area contributed by atoms with Crippen molar-refractivity contribution in [2.45, 2.75) is 70.9 Å². The molecule has 0 saturated carbocycles. The third-order valence-electron chi connectivity index (χ3n) is 3.48. The molecule has 8 nitrogen and oxygen atoms in total. The largest absolute Gasteiger partial charge is 0.467 e. The molecule has 0 radical (unpaired) electrons. The van der Waals surface area contributed by atoms with Crippen molar-refractivity contribution in [2.75, 3.05) is 7.11 Å². The van der Waals surface area contributed by atoms with Crippen LogP contribution in [0.4, 0.5) is 0 Å². The molecule has 2 atom stereocenters. The summed E-state index contributed by atoms with van der Waals surface area (Å²) in [6.07, 6.45) is 4.90. The van der Waals surface area contributed by atoms with Crippen molar-refractivity contribution in [3.05, 3.63) is 0 Å². The number of rotatable bonds is 12. The molecule has 4 N–H and O–H groups in total. The summed E-state index contributed by atoms with van der Waals surface area (Å²) < 4.78 is 4.51. The van der Waals surface area contributed by atoms with Gasteiger partial charge in [0.2, 0.25) is 17.7 Å². The normalized spacial score (nSPS) is 12.8. The first kappa shape index (κ1) is 21.9. The zero-order chi connectivity index (χ0) is 18.5. The van der Waals surface area contributed by atoms with Gasteiger partial charge in [-0.15, -0.1) is 0 Å². The molecule has 0 aliphatic carbocycles. The number of hydrogen-bond acceptors (Lipinski definition) is 5. The van der Waals surface area contributed by atoms with Crippen molar-refractivity contribution in [3.63, 3.8) is 0 Å². The van der Waals surface area contributed by atoms with Crippen LogP contribution in [-0.2, 0) is 23.9 Å². The van der Waals surface area contributed by atoms with E-state index in [-0.39, 0.29) is 18.7 Å². The summed E-state index contributed by atoms with van der Waals surface area (Å²) >= 11 is 0. The minimum absolute atomic E-state index is 0.277. The monoisotopic (exact) mass is 343 g/mol. The average Bonchev–Trinajstić information content (AvgIpc) is 2.52. The lowest BCUT2D eigenvalue weighted by Gasteiger charge is -2.19. The Morgan fingerprint density at radius 1 is 1.04 bits per heavy atom. The summed E-state index contributed by atoms with van der Waals surface area (Å²) in [4.78, 5) is 46.5. The van der Waals surface area contributed by atoms with Crippen molar-refractivity contribution in [3.8, 4) is 0 Å². The number of nitrogens with one attached hydrogen (secondary N) is 2. The number of methoxy groups -OCH3 is 1. The lowest BCUT2D eigenvalue weighted by Crippen LogP contribution is -2.52. The number of carbonyl (C=O) groups excluding carboxylic acids is 4. The Balaban J connectivity index is 4.48. The first-order chi connectivity index (χ1) is 11.3. The van der Waals surface area contributed by atoms with Crippen LogP contribution in [0.5, 0.6) is 0 Å². The molecule has 138 valence electrons. The molecule has 0 spiro atoms. The lowest BCUT2D eigenvalue weighted by atomic mass is 10.1. The van der Waals surface area contributed by atoms with Crippen molar-refractivity contribution in [2.24, 2.45) is 5.73 Å². The molecular formula is C16H29N3O5. The van der Waals surface area contributed by atoms with E-state index < -0.39 is 29.9 Å². The minimum Gasteiger partial charge on any atom is -0.467 e. The molecular weight excluding hydrogens is 314 g/mol. The SMILES string of the molecule is CCCCCCCC(=O)N[C@@H](CC(N)=O)C(=O)N[C@H](C)C(=O)OC. The van der Waals surface area contributed by atoms with Crippen LogP contribution < -0.4 is 16.4 Å². The van der Waals surface area contributed by atoms with Crippen LogP contribution in [0.2, 0.25) is 0 Å². The second kappa shape index (κ2) is 12.3. The van der Waals surface area contributed by atoms with Gasteiger partial charge < -0.3 is 21.1 Å². The fourth-order valence-electron chi connectivity index (χ4n) is 2.12. The average molecular weight is 343 g/mol. The summed E-state index contributed by atoms with van der Waals surface area (Å²) in [6, 6.07) is -1.98. The topological polar surface area (TPSA) is 128 Å². The van der Waals surface area contributed by atoms with E-state index in [1.165, 1.54) is 14.0 Å². The maximum absolute atomic E-state index is 12.1. The summed E-state index contributed by atoms with van der Waals surface area (Å²) in [7, 11) is 1.20. The lowest BCUT2D eigenvalue weighted by molar-refractivity contribution is -0.144. The highest BCUT2D eigenvalue weighted by Gasteiger charge is 2.26. The quantitative estimate of drug-likeness (QED) is 0.349. The number of unbranched alkanes of at least 4 members (excludes halogenated alkanes) is 4. The molecule has 0 unspecified atom stereocenters. The summed E-state index contributed by atoms with van der Waals surface area (Å²) in [6.45, 7) is 3.55. The highest BCUT2D eigenvalue weighted by Crippen LogP contribution is 2.05. The first-order valence-corrected chi connectivity index (χ1v) is 8.27. The standard InChI is InChI=1S/C16H29N3O5/c1-4-5-6-7-8-9-14(21)19-12(10-13(17)20)15(22)18-11(2)16(23)24-3/h11-12H,4-10H2,1-3H3,(H2,17,20)(H,18,22)(H,19,21)/t11-,12+/m1/s1. The Morgan fingerprint density at radius 3 is 2.21 bits per heavy atom. The molecule has 0 aromatic carbocycles. The molecule has 0 rings (SSSR count).